The Kier molecular flexibility index (Phi) is 3.29. The molecule has 0 aliphatic heterocycles. The van der Waals surface area contributed by atoms with Crippen LogP contribution in [0.1, 0.15) is 10.5 Å². The first-order valence-electron chi connectivity index (χ1n) is 5.09. The summed E-state index contributed by atoms with van der Waals surface area (Å²) in [6.07, 6.45) is 4.94. The molecule has 0 bridgehead atoms. The van der Waals surface area contributed by atoms with Gasteiger partial charge in [-0.3, -0.25) is 14.5 Å². The van der Waals surface area contributed by atoms with Crippen LogP contribution >= 0.6 is 0 Å². The van der Waals surface area contributed by atoms with Crippen molar-refractivity contribution in [3.8, 4) is 0 Å². The molecular weight excluding hydrogens is 220 g/mol. The highest BCUT2D eigenvalue weighted by molar-refractivity contribution is 5.91. The van der Waals surface area contributed by atoms with Gasteiger partial charge >= 0.3 is 0 Å². The van der Waals surface area contributed by atoms with Crippen molar-refractivity contribution in [2.45, 2.75) is 6.54 Å². The molecule has 2 rings (SSSR count). The highest BCUT2D eigenvalue weighted by atomic mass is 16.1. The molecule has 0 saturated heterocycles. The van der Waals surface area contributed by atoms with Gasteiger partial charge in [0.1, 0.15) is 5.69 Å². The lowest BCUT2D eigenvalue weighted by Gasteiger charge is -2.06. The van der Waals surface area contributed by atoms with Gasteiger partial charge in [0, 0.05) is 24.6 Å². The van der Waals surface area contributed by atoms with Gasteiger partial charge in [0.05, 0.1) is 12.7 Å². The number of pyridine rings is 1. The highest BCUT2D eigenvalue weighted by Gasteiger charge is 2.02. The van der Waals surface area contributed by atoms with E-state index in [-0.39, 0.29) is 5.69 Å². The SMILES string of the molecule is NC(=O)c1cc(NCCn2ccnn2)ccn1. The van der Waals surface area contributed by atoms with Crippen molar-refractivity contribution in [1.29, 1.82) is 0 Å². The van der Waals surface area contributed by atoms with Crippen molar-refractivity contribution in [3.05, 3.63) is 36.4 Å². The largest absolute Gasteiger partial charge is 0.383 e. The molecule has 3 N–H and O–H groups in total. The summed E-state index contributed by atoms with van der Waals surface area (Å²) >= 11 is 0. The fourth-order valence-electron chi connectivity index (χ4n) is 1.34. The van der Waals surface area contributed by atoms with Crippen LogP contribution in [-0.4, -0.2) is 32.4 Å². The third kappa shape index (κ3) is 3.00. The fourth-order valence-corrected chi connectivity index (χ4v) is 1.34. The molecule has 0 unspecified atom stereocenters. The molecule has 17 heavy (non-hydrogen) atoms. The lowest BCUT2D eigenvalue weighted by Crippen LogP contribution is -2.14. The van der Waals surface area contributed by atoms with Crippen molar-refractivity contribution in [1.82, 2.24) is 20.0 Å². The quantitative estimate of drug-likeness (QED) is 0.749. The molecule has 2 aromatic heterocycles. The first-order chi connectivity index (χ1) is 8.25. The second kappa shape index (κ2) is 5.06. The number of nitrogens with one attached hydrogen (secondary N) is 1. The number of hydrogen-bond donors (Lipinski definition) is 2. The Labute approximate surface area is 97.6 Å². The molecule has 0 saturated carbocycles. The van der Waals surface area contributed by atoms with Gasteiger partial charge in [-0.2, -0.15) is 0 Å². The van der Waals surface area contributed by atoms with Crippen molar-refractivity contribution >= 4 is 11.6 Å². The van der Waals surface area contributed by atoms with E-state index < -0.39 is 5.91 Å². The Morgan fingerprint density at radius 3 is 3.06 bits per heavy atom. The van der Waals surface area contributed by atoms with E-state index >= 15 is 0 Å². The summed E-state index contributed by atoms with van der Waals surface area (Å²) in [6.45, 7) is 1.36. The van der Waals surface area contributed by atoms with Crippen LogP contribution in [-0.2, 0) is 6.54 Å². The maximum Gasteiger partial charge on any atom is 0.267 e. The van der Waals surface area contributed by atoms with E-state index in [0.29, 0.717) is 13.1 Å². The summed E-state index contributed by atoms with van der Waals surface area (Å²) in [5.41, 5.74) is 6.18. The fraction of sp³-hybridized carbons (Fsp3) is 0.200. The molecule has 2 aromatic rings. The van der Waals surface area contributed by atoms with Gasteiger partial charge in [0.25, 0.3) is 5.91 Å². The Morgan fingerprint density at radius 1 is 1.47 bits per heavy atom. The van der Waals surface area contributed by atoms with E-state index in [0.717, 1.165) is 5.69 Å². The van der Waals surface area contributed by atoms with Crippen LogP contribution in [0.2, 0.25) is 0 Å². The minimum Gasteiger partial charge on any atom is -0.383 e. The molecule has 7 nitrogen and oxygen atoms in total. The minimum absolute atomic E-state index is 0.246. The Balaban J connectivity index is 1.90. The maximum atomic E-state index is 10.9. The lowest BCUT2D eigenvalue weighted by molar-refractivity contribution is 0.0995. The summed E-state index contributed by atoms with van der Waals surface area (Å²) in [5, 5.41) is 10.7. The molecular formula is C10H12N6O. The van der Waals surface area contributed by atoms with Crippen LogP contribution in [0.4, 0.5) is 5.69 Å². The molecule has 1 amide bonds. The van der Waals surface area contributed by atoms with Crippen LogP contribution in [0.5, 0.6) is 0 Å². The topological polar surface area (TPSA) is 98.7 Å². The van der Waals surface area contributed by atoms with E-state index in [1.807, 2.05) is 0 Å². The zero-order valence-electron chi connectivity index (χ0n) is 9.08. The number of rotatable bonds is 5. The molecule has 0 atom stereocenters. The Bertz CT molecular complexity index is 495. The van der Waals surface area contributed by atoms with Gasteiger partial charge in [-0.25, -0.2) is 0 Å². The number of amides is 1. The lowest BCUT2D eigenvalue weighted by atomic mass is 10.3. The van der Waals surface area contributed by atoms with Crippen molar-refractivity contribution in [2.75, 3.05) is 11.9 Å². The maximum absolute atomic E-state index is 10.9. The Morgan fingerprint density at radius 2 is 2.35 bits per heavy atom. The van der Waals surface area contributed by atoms with Gasteiger partial charge in [0.15, 0.2) is 0 Å². The predicted octanol–water partition coefficient (Wildman–Crippen LogP) is -0.116. The minimum atomic E-state index is -0.537. The number of carbonyl (C=O) groups is 1. The van der Waals surface area contributed by atoms with Crippen molar-refractivity contribution in [3.63, 3.8) is 0 Å². The molecule has 7 heteroatoms. The molecule has 88 valence electrons. The van der Waals surface area contributed by atoms with Crippen LogP contribution in [0.15, 0.2) is 30.7 Å². The Hall–Kier alpha value is -2.44. The van der Waals surface area contributed by atoms with E-state index in [2.05, 4.69) is 20.6 Å². The van der Waals surface area contributed by atoms with Gasteiger partial charge in [0.2, 0.25) is 0 Å². The number of nitrogens with zero attached hydrogens (tertiary/aromatic N) is 4. The highest BCUT2D eigenvalue weighted by Crippen LogP contribution is 2.06. The molecule has 0 spiro atoms. The smallest absolute Gasteiger partial charge is 0.267 e. The molecule has 0 radical (unpaired) electrons. The standard InChI is InChI=1S/C10H12N6O/c11-10(17)9-7-8(1-2-13-9)12-3-5-16-6-4-14-15-16/h1-2,4,6-7H,3,5H2,(H2,11,17)(H,12,13). The van der Waals surface area contributed by atoms with Crippen LogP contribution in [0.3, 0.4) is 0 Å². The average molecular weight is 232 g/mol. The van der Waals surface area contributed by atoms with Crippen molar-refractivity contribution < 1.29 is 4.79 Å². The third-order valence-electron chi connectivity index (χ3n) is 2.15. The van der Waals surface area contributed by atoms with E-state index in [1.54, 1.807) is 29.2 Å². The van der Waals surface area contributed by atoms with E-state index in [1.165, 1.54) is 6.20 Å². The summed E-state index contributed by atoms with van der Waals surface area (Å²) in [6, 6.07) is 3.39. The molecule has 0 aromatic carbocycles. The second-order valence-corrected chi connectivity index (χ2v) is 3.39. The van der Waals surface area contributed by atoms with Crippen LogP contribution in [0.25, 0.3) is 0 Å². The number of anilines is 1. The summed E-state index contributed by atoms with van der Waals surface area (Å²) < 4.78 is 1.71. The molecule has 0 aliphatic rings. The summed E-state index contributed by atoms with van der Waals surface area (Å²) in [5.74, 6) is -0.537. The molecule has 0 aliphatic carbocycles. The van der Waals surface area contributed by atoms with E-state index in [9.17, 15) is 4.79 Å². The van der Waals surface area contributed by atoms with Crippen LogP contribution < -0.4 is 11.1 Å². The second-order valence-electron chi connectivity index (χ2n) is 3.39. The zero-order chi connectivity index (χ0) is 12.1. The van der Waals surface area contributed by atoms with Gasteiger partial charge < -0.3 is 11.1 Å². The normalized spacial score (nSPS) is 10.1. The molecule has 0 fully saturated rings. The van der Waals surface area contributed by atoms with Gasteiger partial charge in [-0.1, -0.05) is 5.21 Å². The van der Waals surface area contributed by atoms with Crippen molar-refractivity contribution in [2.24, 2.45) is 5.73 Å². The summed E-state index contributed by atoms with van der Waals surface area (Å²) in [4.78, 5) is 14.8. The number of carbonyl (C=O) groups excluding carboxylic acids is 1. The first kappa shape index (κ1) is 11.1. The zero-order valence-corrected chi connectivity index (χ0v) is 9.08. The predicted molar refractivity (Wildman–Crippen MR) is 61.3 cm³/mol. The number of aromatic nitrogens is 4. The third-order valence-corrected chi connectivity index (χ3v) is 2.15. The van der Waals surface area contributed by atoms with Gasteiger partial charge in [-0.05, 0) is 12.1 Å². The number of nitrogens with two attached hydrogens (primary N) is 1. The van der Waals surface area contributed by atoms with Crippen LogP contribution in [0, 0.1) is 0 Å². The van der Waals surface area contributed by atoms with Gasteiger partial charge in [-0.15, -0.1) is 5.10 Å². The number of hydrogen-bond acceptors (Lipinski definition) is 5. The first-order valence-corrected chi connectivity index (χ1v) is 5.09. The number of primary amides is 1. The molecule has 2 heterocycles. The average Bonchev–Trinajstić information content (AvgIpc) is 2.82. The monoisotopic (exact) mass is 232 g/mol. The van der Waals surface area contributed by atoms with E-state index in [4.69, 9.17) is 5.73 Å². The summed E-state index contributed by atoms with van der Waals surface area (Å²) in [7, 11) is 0.